The van der Waals surface area contributed by atoms with Gasteiger partial charge in [-0.15, -0.1) is 0 Å². The van der Waals surface area contributed by atoms with Crippen LogP contribution in [-0.4, -0.2) is 31.1 Å². The van der Waals surface area contributed by atoms with Crippen molar-refractivity contribution in [1.82, 2.24) is 25.1 Å². The van der Waals surface area contributed by atoms with Gasteiger partial charge in [0.05, 0.1) is 16.8 Å². The molecular weight excluding hydrogens is 440 g/mol. The summed E-state index contributed by atoms with van der Waals surface area (Å²) in [6.45, 7) is 1.11. The normalized spacial score (nSPS) is 12.5. The molecule has 6 rings (SSSR count). The van der Waals surface area contributed by atoms with Gasteiger partial charge in [-0.2, -0.15) is 5.10 Å². The molecule has 2 N–H and O–H groups in total. The molecule has 0 saturated heterocycles. The molecule has 35 heavy (non-hydrogen) atoms. The molecule has 8 heteroatoms. The number of aromatic amines is 1. The van der Waals surface area contributed by atoms with Crippen LogP contribution in [0.3, 0.4) is 0 Å². The molecule has 170 valence electrons. The summed E-state index contributed by atoms with van der Waals surface area (Å²) in [6, 6.07) is 20.5. The van der Waals surface area contributed by atoms with E-state index < -0.39 is 0 Å². The quantitative estimate of drug-likeness (QED) is 0.410. The van der Waals surface area contributed by atoms with E-state index in [0.29, 0.717) is 30.0 Å². The number of pyridine rings is 2. The Hall–Kier alpha value is -4.85. The summed E-state index contributed by atoms with van der Waals surface area (Å²) in [5.74, 6) is 0. The lowest BCUT2D eigenvalue weighted by Gasteiger charge is -2.16. The zero-order valence-electron chi connectivity index (χ0n) is 18.6. The monoisotopic (exact) mass is 460 g/mol. The van der Waals surface area contributed by atoms with E-state index in [1.54, 1.807) is 29.6 Å². The van der Waals surface area contributed by atoms with E-state index in [9.17, 15) is 9.59 Å². The highest BCUT2D eigenvalue weighted by Crippen LogP contribution is 2.26. The predicted molar refractivity (Wildman–Crippen MR) is 134 cm³/mol. The third-order valence-corrected chi connectivity index (χ3v) is 6.17. The number of rotatable bonds is 3. The highest BCUT2D eigenvalue weighted by molar-refractivity contribution is 5.90. The first-order valence-corrected chi connectivity index (χ1v) is 11.2. The fourth-order valence-electron chi connectivity index (χ4n) is 4.29. The second-order valence-corrected chi connectivity index (χ2v) is 8.41. The van der Waals surface area contributed by atoms with Gasteiger partial charge in [0, 0.05) is 48.3 Å². The summed E-state index contributed by atoms with van der Waals surface area (Å²) in [7, 11) is 0. The number of nitrogens with one attached hydrogen (secondary N) is 2. The molecule has 1 aliphatic heterocycles. The van der Waals surface area contributed by atoms with Crippen LogP contribution in [0.25, 0.3) is 33.3 Å². The van der Waals surface area contributed by atoms with E-state index in [-0.39, 0.29) is 11.6 Å². The second-order valence-electron chi connectivity index (χ2n) is 8.41. The van der Waals surface area contributed by atoms with Crippen LogP contribution in [-0.2, 0) is 13.1 Å². The number of hydrogen-bond donors (Lipinski definition) is 2. The molecular formula is C27H20N6O2. The molecule has 1 aliphatic rings. The first-order valence-electron chi connectivity index (χ1n) is 11.2. The van der Waals surface area contributed by atoms with Gasteiger partial charge >= 0.3 is 6.03 Å². The molecule has 3 aromatic heterocycles. The van der Waals surface area contributed by atoms with Crippen LogP contribution in [0, 0.1) is 0 Å². The first-order chi connectivity index (χ1) is 17.1. The topological polar surface area (TPSA) is 104 Å². The van der Waals surface area contributed by atoms with Gasteiger partial charge in [-0.3, -0.25) is 14.8 Å². The maximum Gasteiger partial charge on any atom is 0.322 e. The van der Waals surface area contributed by atoms with Crippen molar-refractivity contribution < 1.29 is 4.79 Å². The van der Waals surface area contributed by atoms with Crippen molar-refractivity contribution in [3.8, 4) is 22.4 Å². The second kappa shape index (κ2) is 8.49. The Balaban J connectivity index is 1.21. The summed E-state index contributed by atoms with van der Waals surface area (Å²) >= 11 is 0. The molecule has 0 unspecified atom stereocenters. The SMILES string of the molecule is O=C(Nc1ccc(-c2cc(-c3ccc4cccnc4c3)c(=O)[nH]n2)cc1)N1Cc2ccncc2C1. The Morgan fingerprint density at radius 1 is 0.914 bits per heavy atom. The van der Waals surface area contributed by atoms with Crippen molar-refractivity contribution in [1.29, 1.82) is 0 Å². The molecule has 0 atom stereocenters. The minimum atomic E-state index is -0.269. The average Bonchev–Trinajstić information content (AvgIpc) is 3.34. The van der Waals surface area contributed by atoms with Gasteiger partial charge in [0.1, 0.15) is 0 Å². The van der Waals surface area contributed by atoms with Gasteiger partial charge in [-0.05, 0) is 53.1 Å². The van der Waals surface area contributed by atoms with Crippen molar-refractivity contribution in [3.63, 3.8) is 0 Å². The van der Waals surface area contributed by atoms with Crippen LogP contribution in [0.2, 0.25) is 0 Å². The Kier molecular flexibility index (Phi) is 5.03. The maximum absolute atomic E-state index is 12.7. The largest absolute Gasteiger partial charge is 0.322 e. The van der Waals surface area contributed by atoms with Gasteiger partial charge in [0.15, 0.2) is 0 Å². The molecule has 8 nitrogen and oxygen atoms in total. The van der Waals surface area contributed by atoms with E-state index >= 15 is 0 Å². The number of hydrogen-bond acceptors (Lipinski definition) is 5. The summed E-state index contributed by atoms with van der Waals surface area (Å²) in [5.41, 5.74) is 6.15. The van der Waals surface area contributed by atoms with Gasteiger partial charge < -0.3 is 10.2 Å². The molecule has 0 radical (unpaired) electrons. The highest BCUT2D eigenvalue weighted by Gasteiger charge is 2.23. The Labute approximate surface area is 200 Å². The molecule has 2 amide bonds. The molecule has 0 bridgehead atoms. The van der Waals surface area contributed by atoms with E-state index in [2.05, 4.69) is 25.5 Å². The summed E-state index contributed by atoms with van der Waals surface area (Å²) in [5, 5.41) is 10.8. The van der Waals surface area contributed by atoms with Crippen molar-refractivity contribution in [3.05, 3.63) is 107 Å². The summed E-state index contributed by atoms with van der Waals surface area (Å²) in [6.07, 6.45) is 5.28. The van der Waals surface area contributed by atoms with Gasteiger partial charge in [0.25, 0.3) is 5.56 Å². The molecule has 5 aromatic rings. The van der Waals surface area contributed by atoms with Crippen LogP contribution in [0.1, 0.15) is 11.1 Å². The van der Waals surface area contributed by atoms with Crippen LogP contribution in [0.5, 0.6) is 0 Å². The van der Waals surface area contributed by atoms with E-state index in [1.807, 2.05) is 60.7 Å². The standard InChI is InChI=1S/C27H20N6O2/c34-26-23(19-4-3-17-2-1-10-29-24(17)12-19)13-25(31-32-26)18-5-7-22(8-6-18)30-27(35)33-15-20-9-11-28-14-21(20)16-33/h1-14H,15-16H2,(H,30,35)(H,32,34). The highest BCUT2D eigenvalue weighted by atomic mass is 16.2. The lowest BCUT2D eigenvalue weighted by Crippen LogP contribution is -2.30. The molecule has 4 heterocycles. The average molecular weight is 460 g/mol. The number of H-pyrrole nitrogens is 1. The number of carbonyl (C=O) groups excluding carboxylic acids is 1. The van der Waals surface area contributed by atoms with Crippen molar-refractivity contribution in [2.24, 2.45) is 0 Å². The zero-order valence-corrected chi connectivity index (χ0v) is 18.6. The Morgan fingerprint density at radius 2 is 1.74 bits per heavy atom. The van der Waals surface area contributed by atoms with Crippen LogP contribution in [0.4, 0.5) is 10.5 Å². The molecule has 0 saturated carbocycles. The fraction of sp³-hybridized carbons (Fsp3) is 0.0741. The van der Waals surface area contributed by atoms with E-state index in [4.69, 9.17) is 0 Å². The number of amides is 2. The lowest BCUT2D eigenvalue weighted by molar-refractivity contribution is 0.212. The zero-order chi connectivity index (χ0) is 23.8. The smallest absolute Gasteiger partial charge is 0.316 e. The minimum Gasteiger partial charge on any atom is -0.316 e. The summed E-state index contributed by atoms with van der Waals surface area (Å²) < 4.78 is 0. The molecule has 2 aromatic carbocycles. The maximum atomic E-state index is 12.7. The van der Waals surface area contributed by atoms with E-state index in [1.165, 1.54) is 0 Å². The molecule has 0 fully saturated rings. The molecule has 0 aliphatic carbocycles. The van der Waals surface area contributed by atoms with Crippen LogP contribution in [0.15, 0.2) is 90.1 Å². The first kappa shape index (κ1) is 20.7. The van der Waals surface area contributed by atoms with Crippen molar-refractivity contribution in [2.75, 3.05) is 5.32 Å². The van der Waals surface area contributed by atoms with E-state index in [0.717, 1.165) is 33.2 Å². The number of nitrogens with zero attached hydrogens (tertiary/aromatic N) is 4. The lowest BCUT2D eigenvalue weighted by atomic mass is 10.0. The summed E-state index contributed by atoms with van der Waals surface area (Å²) in [4.78, 5) is 35.5. The number of carbonyl (C=O) groups is 1. The minimum absolute atomic E-state index is 0.164. The van der Waals surface area contributed by atoms with Crippen LogP contribution < -0.4 is 10.9 Å². The third-order valence-electron chi connectivity index (χ3n) is 6.17. The Morgan fingerprint density at radius 3 is 2.60 bits per heavy atom. The van der Waals surface area contributed by atoms with Crippen molar-refractivity contribution >= 4 is 22.6 Å². The number of fused-ring (bicyclic) bond motifs is 2. The third kappa shape index (κ3) is 4.02. The van der Waals surface area contributed by atoms with Gasteiger partial charge in [-0.25, -0.2) is 9.89 Å². The van der Waals surface area contributed by atoms with Gasteiger partial charge in [0.2, 0.25) is 0 Å². The van der Waals surface area contributed by atoms with Gasteiger partial charge in [-0.1, -0.05) is 30.3 Å². The Bertz CT molecular complexity index is 1600. The van der Waals surface area contributed by atoms with Crippen molar-refractivity contribution in [2.45, 2.75) is 13.1 Å². The number of benzene rings is 2. The number of urea groups is 1. The number of aromatic nitrogens is 4. The predicted octanol–water partition coefficient (Wildman–Crippen LogP) is 4.59. The van der Waals surface area contributed by atoms with Crippen LogP contribution >= 0.6 is 0 Å². The fourth-order valence-corrected chi connectivity index (χ4v) is 4.29. The molecule has 0 spiro atoms. The number of anilines is 1.